The van der Waals surface area contributed by atoms with Crippen molar-refractivity contribution in [1.82, 2.24) is 0 Å². The normalized spacial score (nSPS) is 11.9. The van der Waals surface area contributed by atoms with E-state index in [-0.39, 0.29) is 11.1 Å². The number of aliphatic hydroxyl groups is 1. The van der Waals surface area contributed by atoms with Gasteiger partial charge in [0.15, 0.2) is 11.6 Å². The van der Waals surface area contributed by atoms with Crippen molar-refractivity contribution in [1.29, 1.82) is 0 Å². The van der Waals surface area contributed by atoms with E-state index in [0.717, 1.165) is 12.1 Å². The second-order valence-corrected chi connectivity index (χ2v) is 3.63. The molecular weight excluding hydrogens is 193 g/mol. The molecule has 0 amide bonds. The minimum atomic E-state index is -1.52. The molecule has 0 aliphatic rings. The van der Waals surface area contributed by atoms with E-state index in [4.69, 9.17) is 0 Å². The molecule has 0 atom stereocenters. The maximum Gasteiger partial charge on any atom is 0.164 e. The summed E-state index contributed by atoms with van der Waals surface area (Å²) in [6.45, 7) is 1.74. The maximum absolute atomic E-state index is 13.2. The highest BCUT2D eigenvalue weighted by Gasteiger charge is 2.23. The summed E-state index contributed by atoms with van der Waals surface area (Å²) in [4.78, 5) is 0. The summed E-state index contributed by atoms with van der Waals surface area (Å²) in [5.74, 6) is -2.27. The van der Waals surface area contributed by atoms with Crippen molar-refractivity contribution in [2.24, 2.45) is 0 Å². The molecule has 4 heteroatoms. The van der Waals surface area contributed by atoms with Gasteiger partial charge in [0.05, 0.1) is 5.60 Å². The van der Waals surface area contributed by atoms with Crippen molar-refractivity contribution in [2.75, 3.05) is 0 Å². The lowest BCUT2D eigenvalue weighted by Crippen LogP contribution is -2.18. The molecule has 0 bridgehead atoms. The van der Waals surface area contributed by atoms with Gasteiger partial charge in [0, 0.05) is 5.56 Å². The summed E-state index contributed by atoms with van der Waals surface area (Å²) in [5, 5.41) is 9.49. The molecule has 0 spiro atoms. The number of alkyl halides is 1. The number of halogens is 3. The predicted octanol–water partition coefficient (Wildman–Crippen LogP) is 2.66. The van der Waals surface area contributed by atoms with Crippen molar-refractivity contribution in [3.8, 4) is 0 Å². The van der Waals surface area contributed by atoms with Crippen LogP contribution in [0.25, 0.3) is 0 Å². The lowest BCUT2D eigenvalue weighted by Gasteiger charge is -2.19. The Morgan fingerprint density at radius 2 is 1.86 bits per heavy atom. The molecule has 0 aliphatic carbocycles. The average molecular weight is 204 g/mol. The highest BCUT2D eigenvalue weighted by molar-refractivity contribution is 5.29. The third kappa shape index (κ3) is 2.07. The Kier molecular flexibility index (Phi) is 2.85. The number of benzene rings is 1. The van der Waals surface area contributed by atoms with Gasteiger partial charge in [-0.25, -0.2) is 13.2 Å². The molecule has 78 valence electrons. The van der Waals surface area contributed by atoms with E-state index in [9.17, 15) is 18.3 Å². The topological polar surface area (TPSA) is 20.2 Å². The van der Waals surface area contributed by atoms with E-state index in [1.165, 1.54) is 13.8 Å². The first-order valence-electron chi connectivity index (χ1n) is 4.13. The molecule has 1 aromatic rings. The first-order chi connectivity index (χ1) is 6.36. The largest absolute Gasteiger partial charge is 0.386 e. The third-order valence-electron chi connectivity index (χ3n) is 1.90. The van der Waals surface area contributed by atoms with Crippen LogP contribution in [0.5, 0.6) is 0 Å². The first-order valence-corrected chi connectivity index (χ1v) is 4.13. The van der Waals surface area contributed by atoms with Crippen molar-refractivity contribution in [3.63, 3.8) is 0 Å². The Morgan fingerprint density at radius 1 is 1.29 bits per heavy atom. The van der Waals surface area contributed by atoms with Crippen molar-refractivity contribution in [2.45, 2.75) is 26.1 Å². The zero-order valence-electron chi connectivity index (χ0n) is 7.94. The van der Waals surface area contributed by atoms with Crippen molar-refractivity contribution >= 4 is 0 Å². The molecule has 0 aromatic heterocycles. The summed E-state index contributed by atoms with van der Waals surface area (Å²) < 4.78 is 38.3. The van der Waals surface area contributed by atoms with E-state index in [2.05, 4.69) is 0 Å². The minimum Gasteiger partial charge on any atom is -0.386 e. The Morgan fingerprint density at radius 3 is 2.29 bits per heavy atom. The van der Waals surface area contributed by atoms with Gasteiger partial charge in [-0.1, -0.05) is 0 Å². The Labute approximate surface area is 80.2 Å². The molecule has 1 N–H and O–H groups in total. The van der Waals surface area contributed by atoms with Gasteiger partial charge in [0.25, 0.3) is 0 Å². The summed E-state index contributed by atoms with van der Waals surface area (Å²) in [6.07, 6.45) is 0. The molecule has 0 unspecified atom stereocenters. The van der Waals surface area contributed by atoms with Gasteiger partial charge >= 0.3 is 0 Å². The average Bonchev–Trinajstić information content (AvgIpc) is 2.07. The Bertz CT molecular complexity index is 342. The minimum absolute atomic E-state index is 0.0148. The fraction of sp³-hybridized carbons (Fsp3) is 0.400. The van der Waals surface area contributed by atoms with Gasteiger partial charge in [0.2, 0.25) is 0 Å². The van der Waals surface area contributed by atoms with Crippen LogP contribution in [0, 0.1) is 11.6 Å². The molecule has 0 heterocycles. The van der Waals surface area contributed by atoms with Crippen LogP contribution in [-0.4, -0.2) is 5.11 Å². The molecule has 0 aliphatic heterocycles. The summed E-state index contributed by atoms with van der Waals surface area (Å²) >= 11 is 0. The molecule has 1 aromatic carbocycles. The van der Waals surface area contributed by atoms with Gasteiger partial charge in [-0.05, 0) is 31.5 Å². The van der Waals surface area contributed by atoms with E-state index in [1.807, 2.05) is 0 Å². The lowest BCUT2D eigenvalue weighted by molar-refractivity contribution is 0.0735. The SMILES string of the molecule is CC(C)(O)c1cc(CF)cc(F)c1F. The van der Waals surface area contributed by atoms with Crippen LogP contribution in [-0.2, 0) is 12.3 Å². The summed E-state index contributed by atoms with van der Waals surface area (Å²) in [7, 11) is 0. The quantitative estimate of drug-likeness (QED) is 0.785. The van der Waals surface area contributed by atoms with Crippen LogP contribution in [0.4, 0.5) is 13.2 Å². The van der Waals surface area contributed by atoms with Gasteiger partial charge < -0.3 is 5.11 Å². The summed E-state index contributed by atoms with van der Waals surface area (Å²) in [5.41, 5.74) is -1.73. The molecule has 1 rings (SSSR count). The fourth-order valence-corrected chi connectivity index (χ4v) is 1.17. The molecular formula is C10H11F3O. The van der Waals surface area contributed by atoms with E-state index < -0.39 is 23.9 Å². The van der Waals surface area contributed by atoms with Gasteiger partial charge in [-0.3, -0.25) is 0 Å². The smallest absolute Gasteiger partial charge is 0.164 e. The Balaban J connectivity index is 3.35. The second kappa shape index (κ2) is 3.61. The molecule has 0 radical (unpaired) electrons. The Hall–Kier alpha value is -1.03. The molecule has 0 saturated carbocycles. The van der Waals surface area contributed by atoms with Crippen LogP contribution < -0.4 is 0 Å². The predicted molar refractivity (Wildman–Crippen MR) is 46.4 cm³/mol. The van der Waals surface area contributed by atoms with Crippen LogP contribution in [0.3, 0.4) is 0 Å². The standard InChI is InChI=1S/C10H11F3O/c1-10(2,14)7-3-6(5-11)4-8(12)9(7)13/h3-4,14H,5H2,1-2H3. The van der Waals surface area contributed by atoms with Crippen molar-refractivity contribution < 1.29 is 18.3 Å². The lowest BCUT2D eigenvalue weighted by atomic mass is 9.96. The van der Waals surface area contributed by atoms with Crippen LogP contribution in [0.1, 0.15) is 25.0 Å². The third-order valence-corrected chi connectivity index (χ3v) is 1.90. The van der Waals surface area contributed by atoms with Crippen LogP contribution in [0.15, 0.2) is 12.1 Å². The monoisotopic (exact) mass is 204 g/mol. The van der Waals surface area contributed by atoms with Crippen molar-refractivity contribution in [3.05, 3.63) is 34.9 Å². The zero-order chi connectivity index (χ0) is 10.9. The highest BCUT2D eigenvalue weighted by Crippen LogP contribution is 2.26. The second-order valence-electron chi connectivity index (χ2n) is 3.63. The molecule has 14 heavy (non-hydrogen) atoms. The number of rotatable bonds is 2. The van der Waals surface area contributed by atoms with Gasteiger partial charge in [-0.15, -0.1) is 0 Å². The van der Waals surface area contributed by atoms with Crippen LogP contribution in [0.2, 0.25) is 0 Å². The number of hydrogen-bond acceptors (Lipinski definition) is 1. The van der Waals surface area contributed by atoms with Gasteiger partial charge in [0.1, 0.15) is 6.67 Å². The van der Waals surface area contributed by atoms with Crippen LogP contribution >= 0.6 is 0 Å². The molecule has 1 nitrogen and oxygen atoms in total. The molecule has 0 saturated heterocycles. The summed E-state index contributed by atoms with van der Waals surface area (Å²) in [6, 6.07) is 1.91. The number of hydrogen-bond donors (Lipinski definition) is 1. The van der Waals surface area contributed by atoms with Gasteiger partial charge in [-0.2, -0.15) is 0 Å². The zero-order valence-corrected chi connectivity index (χ0v) is 7.94. The maximum atomic E-state index is 13.2. The molecule has 0 fully saturated rings. The van der Waals surface area contributed by atoms with E-state index >= 15 is 0 Å². The highest BCUT2D eigenvalue weighted by atomic mass is 19.2. The fourth-order valence-electron chi connectivity index (χ4n) is 1.17. The van der Waals surface area contributed by atoms with E-state index in [0.29, 0.717) is 0 Å². The first kappa shape index (κ1) is 11.0. The van der Waals surface area contributed by atoms with E-state index in [1.54, 1.807) is 0 Å².